The van der Waals surface area contributed by atoms with Gasteiger partial charge in [0.15, 0.2) is 0 Å². The van der Waals surface area contributed by atoms with Gasteiger partial charge in [0, 0.05) is 11.8 Å². The first-order valence-corrected chi connectivity index (χ1v) is 6.04. The van der Waals surface area contributed by atoms with Crippen LogP contribution in [0.15, 0.2) is 29.4 Å². The van der Waals surface area contributed by atoms with Gasteiger partial charge in [0.1, 0.15) is 12.4 Å². The van der Waals surface area contributed by atoms with Gasteiger partial charge >= 0.3 is 6.36 Å². The van der Waals surface area contributed by atoms with E-state index in [1.54, 1.807) is 12.3 Å². The summed E-state index contributed by atoms with van der Waals surface area (Å²) in [6, 6.07) is 5.86. The van der Waals surface area contributed by atoms with Crippen molar-refractivity contribution in [3.05, 3.63) is 29.8 Å². The molecule has 0 unspecified atom stereocenters. The normalized spacial score (nSPS) is 16.4. The van der Waals surface area contributed by atoms with E-state index in [2.05, 4.69) is 9.89 Å². The number of oxime groups is 1. The Morgan fingerprint density at radius 2 is 2.00 bits per heavy atom. The molecule has 0 aromatic heterocycles. The highest BCUT2D eigenvalue weighted by Gasteiger charge is 2.32. The number of benzene rings is 1. The SMILES string of the molecule is FC(F)(F)Oc1ccccc1CON=CC1CCC1. The molecule has 1 fully saturated rings. The zero-order valence-corrected chi connectivity index (χ0v) is 10.2. The van der Waals surface area contributed by atoms with Crippen LogP contribution in [0.3, 0.4) is 0 Å². The molecular formula is C13H14F3NO2. The van der Waals surface area contributed by atoms with E-state index >= 15 is 0 Å². The minimum Gasteiger partial charge on any atom is -0.405 e. The summed E-state index contributed by atoms with van der Waals surface area (Å²) in [4.78, 5) is 5.00. The summed E-state index contributed by atoms with van der Waals surface area (Å²) in [6.07, 6.45) is 0.391. The maximum Gasteiger partial charge on any atom is 0.573 e. The first-order chi connectivity index (χ1) is 9.04. The van der Waals surface area contributed by atoms with Crippen molar-refractivity contribution >= 4 is 6.21 Å². The lowest BCUT2D eigenvalue weighted by Crippen LogP contribution is -2.18. The highest BCUT2D eigenvalue weighted by molar-refractivity contribution is 5.60. The van der Waals surface area contributed by atoms with E-state index in [4.69, 9.17) is 4.84 Å². The lowest BCUT2D eigenvalue weighted by atomic mass is 9.87. The fraction of sp³-hybridized carbons (Fsp3) is 0.462. The van der Waals surface area contributed by atoms with Gasteiger partial charge in [0.2, 0.25) is 0 Å². The number of alkyl halides is 3. The molecule has 0 bridgehead atoms. The van der Waals surface area contributed by atoms with Gasteiger partial charge in [-0.1, -0.05) is 29.8 Å². The number of hydrogen-bond acceptors (Lipinski definition) is 3. The van der Waals surface area contributed by atoms with E-state index in [0.717, 1.165) is 12.8 Å². The van der Waals surface area contributed by atoms with Gasteiger partial charge in [-0.3, -0.25) is 0 Å². The van der Waals surface area contributed by atoms with Crippen LogP contribution < -0.4 is 4.74 Å². The lowest BCUT2D eigenvalue weighted by Gasteiger charge is -2.19. The third-order valence-corrected chi connectivity index (χ3v) is 2.91. The Hall–Kier alpha value is -1.72. The quantitative estimate of drug-likeness (QED) is 0.602. The second-order valence-electron chi connectivity index (χ2n) is 4.37. The third-order valence-electron chi connectivity index (χ3n) is 2.91. The van der Waals surface area contributed by atoms with E-state index < -0.39 is 6.36 Å². The van der Waals surface area contributed by atoms with Crippen LogP contribution in [0.2, 0.25) is 0 Å². The van der Waals surface area contributed by atoms with Gasteiger partial charge in [0.25, 0.3) is 0 Å². The Morgan fingerprint density at radius 3 is 2.63 bits per heavy atom. The number of para-hydroxylation sites is 1. The molecule has 1 aromatic carbocycles. The predicted molar refractivity (Wildman–Crippen MR) is 63.7 cm³/mol. The standard InChI is InChI=1S/C13H14F3NO2/c14-13(15,16)19-12-7-2-1-6-11(12)9-18-17-8-10-4-3-5-10/h1-2,6-8,10H,3-5,9H2. The molecule has 0 radical (unpaired) electrons. The molecule has 0 aliphatic heterocycles. The van der Waals surface area contributed by atoms with Gasteiger partial charge in [-0.15, -0.1) is 13.2 Å². The van der Waals surface area contributed by atoms with Gasteiger partial charge in [-0.25, -0.2) is 0 Å². The van der Waals surface area contributed by atoms with Crippen LogP contribution in [-0.2, 0) is 11.4 Å². The number of rotatable bonds is 5. The summed E-state index contributed by atoms with van der Waals surface area (Å²) in [5.41, 5.74) is 0.311. The van der Waals surface area contributed by atoms with Crippen molar-refractivity contribution in [2.24, 2.45) is 11.1 Å². The summed E-state index contributed by atoms with van der Waals surface area (Å²) in [7, 11) is 0. The van der Waals surface area contributed by atoms with Crippen molar-refractivity contribution in [2.75, 3.05) is 0 Å². The van der Waals surface area contributed by atoms with Crippen LogP contribution >= 0.6 is 0 Å². The van der Waals surface area contributed by atoms with Gasteiger partial charge < -0.3 is 9.57 Å². The predicted octanol–water partition coefficient (Wildman–Crippen LogP) is 3.89. The van der Waals surface area contributed by atoms with Crippen molar-refractivity contribution in [1.82, 2.24) is 0 Å². The second kappa shape index (κ2) is 5.95. The van der Waals surface area contributed by atoms with Crippen molar-refractivity contribution < 1.29 is 22.7 Å². The zero-order chi connectivity index (χ0) is 13.7. The molecule has 0 atom stereocenters. The molecule has 19 heavy (non-hydrogen) atoms. The maximum atomic E-state index is 12.2. The van der Waals surface area contributed by atoms with E-state index in [-0.39, 0.29) is 12.4 Å². The monoisotopic (exact) mass is 273 g/mol. The number of ether oxygens (including phenoxy) is 1. The van der Waals surface area contributed by atoms with E-state index in [1.807, 2.05) is 0 Å². The molecular weight excluding hydrogens is 259 g/mol. The fourth-order valence-electron chi connectivity index (χ4n) is 1.67. The summed E-state index contributed by atoms with van der Waals surface area (Å²) in [6.45, 7) is -0.0462. The molecule has 0 saturated heterocycles. The Morgan fingerprint density at radius 1 is 1.26 bits per heavy atom. The molecule has 0 N–H and O–H groups in total. The molecule has 0 amide bonds. The Balaban J connectivity index is 1.89. The molecule has 1 aromatic rings. The first-order valence-electron chi connectivity index (χ1n) is 6.04. The van der Waals surface area contributed by atoms with Crippen LogP contribution in [0.4, 0.5) is 13.2 Å². The molecule has 1 saturated carbocycles. The molecule has 0 heterocycles. The van der Waals surface area contributed by atoms with Crippen molar-refractivity contribution in [3.8, 4) is 5.75 Å². The zero-order valence-electron chi connectivity index (χ0n) is 10.2. The van der Waals surface area contributed by atoms with Gasteiger partial charge in [-0.05, 0) is 24.8 Å². The number of halogens is 3. The van der Waals surface area contributed by atoms with Crippen LogP contribution in [0.1, 0.15) is 24.8 Å². The summed E-state index contributed by atoms with van der Waals surface area (Å²) in [5, 5.41) is 3.76. The largest absolute Gasteiger partial charge is 0.573 e. The molecule has 3 nitrogen and oxygen atoms in total. The van der Waals surface area contributed by atoms with Gasteiger partial charge in [-0.2, -0.15) is 0 Å². The first kappa shape index (κ1) is 13.7. The smallest absolute Gasteiger partial charge is 0.405 e. The van der Waals surface area contributed by atoms with Crippen molar-refractivity contribution in [2.45, 2.75) is 32.2 Å². The molecule has 1 aliphatic rings. The summed E-state index contributed by atoms with van der Waals surface area (Å²) in [5.74, 6) is 0.190. The Bertz CT molecular complexity index is 442. The third kappa shape index (κ3) is 4.46. The Kier molecular flexibility index (Phi) is 4.29. The molecule has 0 spiro atoms. The summed E-state index contributed by atoms with van der Waals surface area (Å²) >= 11 is 0. The van der Waals surface area contributed by atoms with E-state index in [1.165, 1.54) is 24.6 Å². The molecule has 6 heteroatoms. The van der Waals surface area contributed by atoms with Crippen LogP contribution in [0.5, 0.6) is 5.75 Å². The number of hydrogen-bond donors (Lipinski definition) is 0. The van der Waals surface area contributed by atoms with Crippen molar-refractivity contribution in [1.29, 1.82) is 0 Å². The average molecular weight is 273 g/mol. The average Bonchev–Trinajstić information content (AvgIpc) is 2.26. The highest BCUT2D eigenvalue weighted by atomic mass is 19.4. The second-order valence-corrected chi connectivity index (χ2v) is 4.37. The Labute approximate surface area is 109 Å². The van der Waals surface area contributed by atoms with Crippen LogP contribution in [0.25, 0.3) is 0 Å². The van der Waals surface area contributed by atoms with E-state index in [9.17, 15) is 13.2 Å². The number of nitrogens with zero attached hydrogens (tertiary/aromatic N) is 1. The topological polar surface area (TPSA) is 30.8 Å². The van der Waals surface area contributed by atoms with Crippen LogP contribution in [0, 0.1) is 5.92 Å². The highest BCUT2D eigenvalue weighted by Crippen LogP contribution is 2.27. The van der Waals surface area contributed by atoms with Crippen molar-refractivity contribution in [3.63, 3.8) is 0 Å². The summed E-state index contributed by atoms with van der Waals surface area (Å²) < 4.78 is 40.4. The fourth-order valence-corrected chi connectivity index (χ4v) is 1.67. The lowest BCUT2D eigenvalue weighted by molar-refractivity contribution is -0.275. The molecule has 2 rings (SSSR count). The van der Waals surface area contributed by atoms with E-state index in [0.29, 0.717) is 11.5 Å². The molecule has 104 valence electrons. The molecule has 1 aliphatic carbocycles. The maximum absolute atomic E-state index is 12.2. The minimum absolute atomic E-state index is 0.0462. The van der Waals surface area contributed by atoms with Crippen LogP contribution in [-0.4, -0.2) is 12.6 Å². The van der Waals surface area contributed by atoms with Gasteiger partial charge in [0.05, 0.1) is 0 Å². The minimum atomic E-state index is -4.70.